The predicted octanol–water partition coefficient (Wildman–Crippen LogP) is 2.36. The second-order valence-corrected chi connectivity index (χ2v) is 6.94. The molecule has 1 aromatic carbocycles. The molecule has 7 nitrogen and oxygen atoms in total. The van der Waals surface area contributed by atoms with E-state index in [0.29, 0.717) is 16.8 Å². The van der Waals surface area contributed by atoms with Crippen LogP contribution in [0.3, 0.4) is 0 Å². The molecular formula is C18H27N5O2. The Labute approximate surface area is 148 Å². The number of nitrogens with two attached hydrogens (primary N) is 1. The number of benzene rings is 1. The molecule has 2 aromatic rings. The number of likely N-dealkylation sites (tertiary alicyclic amines) is 1. The van der Waals surface area contributed by atoms with Gasteiger partial charge in [-0.3, -0.25) is 4.79 Å². The van der Waals surface area contributed by atoms with Crippen molar-refractivity contribution in [1.29, 1.82) is 0 Å². The minimum absolute atomic E-state index is 0.0478. The first-order chi connectivity index (χ1) is 12.0. The fourth-order valence-electron chi connectivity index (χ4n) is 3.46. The molecule has 3 rings (SSSR count). The van der Waals surface area contributed by atoms with Crippen LogP contribution in [0, 0.1) is 0 Å². The van der Waals surface area contributed by atoms with Gasteiger partial charge in [-0.05, 0) is 45.8 Å². The third-order valence-electron chi connectivity index (χ3n) is 4.72. The van der Waals surface area contributed by atoms with Gasteiger partial charge in [0.15, 0.2) is 0 Å². The van der Waals surface area contributed by atoms with Gasteiger partial charge >= 0.3 is 0 Å². The number of hydrogen-bond donors (Lipinski definition) is 1. The second-order valence-electron chi connectivity index (χ2n) is 6.94. The van der Waals surface area contributed by atoms with Crippen LogP contribution >= 0.6 is 0 Å². The van der Waals surface area contributed by atoms with Gasteiger partial charge in [-0.25, -0.2) is 4.68 Å². The van der Waals surface area contributed by atoms with Crippen LogP contribution in [0.5, 0.6) is 5.75 Å². The van der Waals surface area contributed by atoms with Crippen molar-refractivity contribution < 1.29 is 9.53 Å². The smallest absolute Gasteiger partial charge is 0.252 e. The van der Waals surface area contributed by atoms with Gasteiger partial charge in [0.2, 0.25) is 0 Å². The summed E-state index contributed by atoms with van der Waals surface area (Å²) >= 11 is 0. The average Bonchev–Trinajstić information content (AvgIpc) is 2.82. The molecule has 1 aliphatic rings. The van der Waals surface area contributed by atoms with Crippen molar-refractivity contribution in [1.82, 2.24) is 19.9 Å². The van der Waals surface area contributed by atoms with E-state index in [1.54, 1.807) is 6.07 Å². The van der Waals surface area contributed by atoms with Gasteiger partial charge in [0.05, 0.1) is 23.2 Å². The molecule has 1 amide bonds. The number of hydrogen-bond acceptors (Lipinski definition) is 5. The maximum absolute atomic E-state index is 11.8. The predicted molar refractivity (Wildman–Crippen MR) is 96.8 cm³/mol. The topological polar surface area (TPSA) is 86.3 Å². The van der Waals surface area contributed by atoms with Gasteiger partial charge < -0.3 is 15.4 Å². The monoisotopic (exact) mass is 345 g/mol. The standard InChI is InChI=1S/C18H27N5O2/c1-4-22-8-6-5-7-13(11-22)23-16-10-17(25-12(2)3)14(18(19)24)9-15(16)20-21-23/h9-10,12-13H,4-8,11H2,1-3H3,(H2,19,24)/t13-/m1/s1. The molecule has 0 unspecified atom stereocenters. The van der Waals surface area contributed by atoms with Crippen molar-refractivity contribution in [3.63, 3.8) is 0 Å². The van der Waals surface area contributed by atoms with Crippen molar-refractivity contribution in [2.75, 3.05) is 19.6 Å². The Balaban J connectivity index is 2.03. The van der Waals surface area contributed by atoms with Gasteiger partial charge in [-0.2, -0.15) is 0 Å². The van der Waals surface area contributed by atoms with E-state index in [2.05, 4.69) is 22.1 Å². The van der Waals surface area contributed by atoms with Crippen LogP contribution in [0.2, 0.25) is 0 Å². The molecule has 1 aromatic heterocycles. The molecule has 1 saturated heterocycles. The Hall–Kier alpha value is -2.15. The zero-order chi connectivity index (χ0) is 18.0. The lowest BCUT2D eigenvalue weighted by Gasteiger charge is -2.23. The summed E-state index contributed by atoms with van der Waals surface area (Å²) in [7, 11) is 0. The highest BCUT2D eigenvalue weighted by Crippen LogP contribution is 2.29. The molecule has 136 valence electrons. The highest BCUT2D eigenvalue weighted by atomic mass is 16.5. The van der Waals surface area contributed by atoms with Crippen molar-refractivity contribution in [3.05, 3.63) is 17.7 Å². The summed E-state index contributed by atoms with van der Waals surface area (Å²) in [5.74, 6) is -0.0155. The lowest BCUT2D eigenvalue weighted by Crippen LogP contribution is -2.30. The van der Waals surface area contributed by atoms with Crippen LogP contribution in [-0.4, -0.2) is 51.5 Å². The maximum Gasteiger partial charge on any atom is 0.252 e. The lowest BCUT2D eigenvalue weighted by atomic mass is 10.1. The molecule has 2 N–H and O–H groups in total. The van der Waals surface area contributed by atoms with Gasteiger partial charge in [0, 0.05) is 12.6 Å². The van der Waals surface area contributed by atoms with Crippen molar-refractivity contribution in [3.8, 4) is 5.75 Å². The van der Waals surface area contributed by atoms with Gasteiger partial charge in [-0.15, -0.1) is 5.10 Å². The fraction of sp³-hybridized carbons (Fsp3) is 0.611. The first kappa shape index (κ1) is 17.7. The Morgan fingerprint density at radius 3 is 2.88 bits per heavy atom. The van der Waals surface area contributed by atoms with Crippen LogP contribution < -0.4 is 10.5 Å². The number of nitrogens with zero attached hydrogens (tertiary/aromatic N) is 4. The number of rotatable bonds is 5. The molecule has 1 fully saturated rings. The summed E-state index contributed by atoms with van der Waals surface area (Å²) in [5.41, 5.74) is 7.43. The number of amides is 1. The van der Waals surface area contributed by atoms with E-state index >= 15 is 0 Å². The molecule has 7 heteroatoms. The number of carbonyl (C=O) groups excluding carboxylic acids is 1. The highest BCUT2D eigenvalue weighted by Gasteiger charge is 2.23. The SMILES string of the molecule is CCN1CCCC[C@@H](n2nnc3cc(C(N)=O)c(OC(C)C)cc32)C1. The molecule has 25 heavy (non-hydrogen) atoms. The Bertz CT molecular complexity index is 755. The number of carbonyl (C=O) groups is 1. The van der Waals surface area contributed by atoms with Gasteiger partial charge in [-0.1, -0.05) is 18.6 Å². The first-order valence-electron chi connectivity index (χ1n) is 9.07. The molecule has 1 atom stereocenters. The zero-order valence-electron chi connectivity index (χ0n) is 15.2. The molecule has 1 aliphatic heterocycles. The number of aromatic nitrogens is 3. The Kier molecular flexibility index (Phi) is 5.22. The van der Waals surface area contributed by atoms with Crippen LogP contribution in [0.4, 0.5) is 0 Å². The Morgan fingerprint density at radius 2 is 2.20 bits per heavy atom. The van der Waals surface area contributed by atoms with Crippen LogP contribution in [0.1, 0.15) is 56.4 Å². The van der Waals surface area contributed by atoms with Crippen molar-refractivity contribution in [2.45, 2.75) is 52.2 Å². The third kappa shape index (κ3) is 3.76. The summed E-state index contributed by atoms with van der Waals surface area (Å²) < 4.78 is 7.80. The fourth-order valence-corrected chi connectivity index (χ4v) is 3.46. The number of likely N-dealkylation sites (N-methyl/N-ethyl adjacent to an activating group) is 1. The Morgan fingerprint density at radius 1 is 1.40 bits per heavy atom. The number of fused-ring (bicyclic) bond motifs is 1. The number of ether oxygens (including phenoxy) is 1. The van der Waals surface area contributed by atoms with E-state index < -0.39 is 5.91 Å². The summed E-state index contributed by atoms with van der Waals surface area (Å²) in [6, 6.07) is 3.82. The third-order valence-corrected chi connectivity index (χ3v) is 4.72. The summed E-state index contributed by atoms with van der Waals surface area (Å²) in [4.78, 5) is 14.2. The molecule has 0 spiro atoms. The van der Waals surface area contributed by atoms with Crippen molar-refractivity contribution >= 4 is 16.9 Å². The van der Waals surface area contributed by atoms with E-state index in [-0.39, 0.29) is 12.1 Å². The lowest BCUT2D eigenvalue weighted by molar-refractivity contribution is 0.0994. The first-order valence-corrected chi connectivity index (χ1v) is 9.07. The molecule has 0 aliphatic carbocycles. The summed E-state index contributed by atoms with van der Waals surface area (Å²) in [5, 5.41) is 8.65. The van der Waals surface area contributed by atoms with Gasteiger partial charge in [0.1, 0.15) is 11.3 Å². The van der Waals surface area contributed by atoms with E-state index in [0.717, 1.165) is 31.6 Å². The normalized spacial score (nSPS) is 19.3. The quantitative estimate of drug-likeness (QED) is 0.899. The van der Waals surface area contributed by atoms with E-state index in [9.17, 15) is 4.79 Å². The summed E-state index contributed by atoms with van der Waals surface area (Å²) in [6.07, 6.45) is 3.42. The molecule has 0 saturated carbocycles. The molecule has 0 radical (unpaired) electrons. The van der Waals surface area contributed by atoms with Gasteiger partial charge in [0.25, 0.3) is 5.91 Å². The largest absolute Gasteiger partial charge is 0.490 e. The highest BCUT2D eigenvalue weighted by molar-refractivity contribution is 5.99. The molecule has 0 bridgehead atoms. The molecule has 2 heterocycles. The van der Waals surface area contributed by atoms with E-state index in [4.69, 9.17) is 10.5 Å². The van der Waals surface area contributed by atoms with E-state index in [1.165, 1.54) is 12.8 Å². The summed E-state index contributed by atoms with van der Waals surface area (Å²) in [6.45, 7) is 9.18. The van der Waals surface area contributed by atoms with Crippen LogP contribution in [0.15, 0.2) is 12.1 Å². The van der Waals surface area contributed by atoms with E-state index in [1.807, 2.05) is 24.6 Å². The number of primary amides is 1. The average molecular weight is 345 g/mol. The zero-order valence-corrected chi connectivity index (χ0v) is 15.2. The second kappa shape index (κ2) is 7.39. The van der Waals surface area contributed by atoms with Crippen LogP contribution in [0.25, 0.3) is 11.0 Å². The molecular weight excluding hydrogens is 318 g/mol. The van der Waals surface area contributed by atoms with Crippen molar-refractivity contribution in [2.24, 2.45) is 5.73 Å². The minimum Gasteiger partial charge on any atom is -0.490 e. The maximum atomic E-state index is 11.8. The van der Waals surface area contributed by atoms with Crippen LogP contribution in [-0.2, 0) is 0 Å². The minimum atomic E-state index is -0.515.